The Morgan fingerprint density at radius 3 is 1.95 bits per heavy atom. The van der Waals surface area contributed by atoms with Crippen molar-refractivity contribution >= 4 is 30.3 Å². The molecule has 2 aromatic carbocycles. The lowest BCUT2D eigenvalue weighted by Crippen LogP contribution is -2.14. The Morgan fingerprint density at radius 2 is 1.40 bits per heavy atom. The Morgan fingerprint density at radius 1 is 0.800 bits per heavy atom. The van der Waals surface area contributed by atoms with Gasteiger partial charge in [0.05, 0.1) is 11.1 Å². The second-order valence-corrected chi connectivity index (χ2v) is 5.59. The van der Waals surface area contributed by atoms with Crippen LogP contribution >= 0.6 is 7.80 Å². The van der Waals surface area contributed by atoms with E-state index in [1.165, 1.54) is 6.07 Å². The topological polar surface area (TPSA) is 91.7 Å². The van der Waals surface area contributed by atoms with Gasteiger partial charge in [-0.25, -0.2) is 9.59 Å². The van der Waals surface area contributed by atoms with Crippen molar-refractivity contribution in [3.8, 4) is 0 Å². The molecule has 101 valence electrons. The highest BCUT2D eigenvalue weighted by Crippen LogP contribution is 2.21. The Hall–Kier alpha value is -2.52. The van der Waals surface area contributed by atoms with Crippen LogP contribution in [0.15, 0.2) is 48.5 Å². The van der Waals surface area contributed by atoms with E-state index in [9.17, 15) is 14.2 Å². The van der Waals surface area contributed by atoms with E-state index in [-0.39, 0.29) is 16.4 Å². The van der Waals surface area contributed by atoms with Crippen molar-refractivity contribution in [2.24, 2.45) is 0 Å². The second-order valence-electron chi connectivity index (χ2n) is 3.97. The minimum absolute atomic E-state index is 0.286. The van der Waals surface area contributed by atoms with Gasteiger partial charge in [0.1, 0.15) is 7.80 Å². The summed E-state index contributed by atoms with van der Waals surface area (Å²) >= 11 is 0. The predicted molar refractivity (Wildman–Crippen MR) is 73.7 cm³/mol. The van der Waals surface area contributed by atoms with Crippen molar-refractivity contribution in [2.45, 2.75) is 0 Å². The number of carbonyl (C=O) groups is 2. The van der Waals surface area contributed by atoms with Crippen molar-refractivity contribution in [1.29, 1.82) is 0 Å². The van der Waals surface area contributed by atoms with E-state index in [0.29, 0.717) is 5.30 Å². The Bertz CT molecular complexity index is 694. The normalized spacial score (nSPS) is 10.9. The van der Waals surface area contributed by atoms with Crippen molar-refractivity contribution in [1.82, 2.24) is 0 Å². The number of aromatic carboxylic acids is 2. The predicted octanol–water partition coefficient (Wildman–Crippen LogP) is 1.86. The fraction of sp³-hybridized carbons (Fsp3) is 0. The van der Waals surface area contributed by atoms with E-state index in [4.69, 9.17) is 10.2 Å². The molecule has 6 heteroatoms. The zero-order valence-corrected chi connectivity index (χ0v) is 11.1. The third-order valence-corrected chi connectivity index (χ3v) is 4.20. The van der Waals surface area contributed by atoms with Crippen LogP contribution in [0.5, 0.6) is 0 Å². The quantitative estimate of drug-likeness (QED) is 0.838. The van der Waals surface area contributed by atoms with E-state index < -0.39 is 19.7 Å². The summed E-state index contributed by atoms with van der Waals surface area (Å²) in [5.74, 6) is -2.69. The van der Waals surface area contributed by atoms with Gasteiger partial charge < -0.3 is 10.2 Å². The highest BCUT2D eigenvalue weighted by atomic mass is 31.1. The van der Waals surface area contributed by atoms with Crippen LogP contribution in [0.2, 0.25) is 0 Å². The molecular formula is C14H10O5P. The standard InChI is InChI=1S/C14H10O5P/c15-13(16)11-7-6-10(8-12(11)14(17)18)20(19)9-4-2-1-3-5-9/h1-8H,(H,15,16)(H,17,18). The highest BCUT2D eigenvalue weighted by molar-refractivity contribution is 7.61. The summed E-state index contributed by atoms with van der Waals surface area (Å²) in [6.07, 6.45) is 0. The summed E-state index contributed by atoms with van der Waals surface area (Å²) in [5.41, 5.74) is -0.688. The summed E-state index contributed by atoms with van der Waals surface area (Å²) in [5, 5.41) is 18.8. The van der Waals surface area contributed by atoms with Crippen LogP contribution < -0.4 is 10.6 Å². The molecule has 2 rings (SSSR count). The van der Waals surface area contributed by atoms with Crippen LogP contribution in [-0.4, -0.2) is 22.2 Å². The minimum atomic E-state index is -1.95. The van der Waals surface area contributed by atoms with Crippen LogP contribution in [0.1, 0.15) is 20.7 Å². The lowest BCUT2D eigenvalue weighted by atomic mass is 10.1. The molecule has 0 bridgehead atoms. The average molecular weight is 289 g/mol. The second kappa shape index (κ2) is 5.63. The summed E-state index contributed by atoms with van der Waals surface area (Å²) in [4.78, 5) is 22.0. The summed E-state index contributed by atoms with van der Waals surface area (Å²) in [6.45, 7) is 0. The fourth-order valence-corrected chi connectivity index (χ4v) is 2.93. The molecule has 5 nitrogen and oxygen atoms in total. The monoisotopic (exact) mass is 289 g/mol. The third-order valence-electron chi connectivity index (χ3n) is 2.69. The molecule has 0 aromatic heterocycles. The van der Waals surface area contributed by atoms with Crippen molar-refractivity contribution in [3.63, 3.8) is 0 Å². The van der Waals surface area contributed by atoms with Gasteiger partial charge in [0, 0.05) is 10.6 Å². The van der Waals surface area contributed by atoms with E-state index in [1.807, 2.05) is 0 Å². The first-order valence-electron chi connectivity index (χ1n) is 5.63. The molecule has 20 heavy (non-hydrogen) atoms. The van der Waals surface area contributed by atoms with Gasteiger partial charge in [0.25, 0.3) is 0 Å². The van der Waals surface area contributed by atoms with Gasteiger partial charge in [-0.05, 0) is 30.3 Å². The maximum atomic E-state index is 12.3. The molecule has 0 aliphatic carbocycles. The molecule has 0 saturated heterocycles. The average Bonchev–Trinajstić information content (AvgIpc) is 2.46. The van der Waals surface area contributed by atoms with Crippen molar-refractivity contribution < 1.29 is 24.4 Å². The molecule has 0 heterocycles. The van der Waals surface area contributed by atoms with Gasteiger partial charge in [0.15, 0.2) is 0 Å². The largest absolute Gasteiger partial charge is 0.478 e. The molecule has 1 unspecified atom stereocenters. The van der Waals surface area contributed by atoms with Crippen LogP contribution in [-0.2, 0) is 4.57 Å². The lowest BCUT2D eigenvalue weighted by Gasteiger charge is -2.05. The maximum absolute atomic E-state index is 12.3. The van der Waals surface area contributed by atoms with Crippen LogP contribution in [0.4, 0.5) is 0 Å². The van der Waals surface area contributed by atoms with Crippen molar-refractivity contribution in [2.75, 3.05) is 0 Å². The summed E-state index contributed by atoms with van der Waals surface area (Å²) < 4.78 is 12.3. The van der Waals surface area contributed by atoms with E-state index >= 15 is 0 Å². The number of carboxylic acids is 2. The number of carboxylic acid groups (broad SMARTS) is 2. The summed E-state index contributed by atoms with van der Waals surface area (Å²) in [7, 11) is -1.95. The third kappa shape index (κ3) is 2.73. The first kappa shape index (κ1) is 13.9. The summed E-state index contributed by atoms with van der Waals surface area (Å²) in [6, 6.07) is 12.3. The lowest BCUT2D eigenvalue weighted by molar-refractivity contribution is 0.0651. The van der Waals surface area contributed by atoms with Gasteiger partial charge in [-0.1, -0.05) is 18.2 Å². The Labute approximate surface area is 115 Å². The van der Waals surface area contributed by atoms with E-state index in [0.717, 1.165) is 12.1 Å². The Kier molecular flexibility index (Phi) is 3.91. The van der Waals surface area contributed by atoms with Crippen LogP contribution in [0.25, 0.3) is 0 Å². The van der Waals surface area contributed by atoms with Crippen LogP contribution in [0.3, 0.4) is 0 Å². The zero-order chi connectivity index (χ0) is 14.7. The molecular weight excluding hydrogens is 279 g/mol. The van der Waals surface area contributed by atoms with Gasteiger partial charge in [-0.2, -0.15) is 0 Å². The Balaban J connectivity index is 2.49. The molecule has 0 amide bonds. The minimum Gasteiger partial charge on any atom is -0.478 e. The fourth-order valence-electron chi connectivity index (χ4n) is 1.73. The first-order valence-corrected chi connectivity index (χ1v) is 6.89. The zero-order valence-electron chi connectivity index (χ0n) is 10.2. The molecule has 0 aliphatic rings. The molecule has 1 atom stereocenters. The first-order chi connectivity index (χ1) is 9.50. The molecule has 0 aliphatic heterocycles. The van der Waals surface area contributed by atoms with E-state index in [1.54, 1.807) is 30.3 Å². The molecule has 2 aromatic rings. The molecule has 1 radical (unpaired) electrons. The number of benzene rings is 2. The SMILES string of the molecule is O=C(O)c1ccc([P](=O)c2ccccc2)cc1C(=O)O. The van der Waals surface area contributed by atoms with Crippen molar-refractivity contribution in [3.05, 3.63) is 59.7 Å². The van der Waals surface area contributed by atoms with Gasteiger partial charge >= 0.3 is 11.9 Å². The number of hydrogen-bond acceptors (Lipinski definition) is 3. The molecule has 0 fully saturated rings. The van der Waals surface area contributed by atoms with Crippen LogP contribution in [0, 0.1) is 0 Å². The number of rotatable bonds is 4. The highest BCUT2D eigenvalue weighted by Gasteiger charge is 2.18. The number of hydrogen-bond donors (Lipinski definition) is 2. The molecule has 2 N–H and O–H groups in total. The van der Waals surface area contributed by atoms with Gasteiger partial charge in [-0.3, -0.25) is 4.57 Å². The van der Waals surface area contributed by atoms with E-state index in [2.05, 4.69) is 0 Å². The van der Waals surface area contributed by atoms with Gasteiger partial charge in [0.2, 0.25) is 0 Å². The molecule has 0 spiro atoms. The maximum Gasteiger partial charge on any atom is 0.336 e. The molecule has 0 saturated carbocycles. The van der Waals surface area contributed by atoms with Gasteiger partial charge in [-0.15, -0.1) is 0 Å². The smallest absolute Gasteiger partial charge is 0.336 e.